The zero-order valence-corrected chi connectivity index (χ0v) is 21.6. The van der Waals surface area contributed by atoms with E-state index >= 15 is 0 Å². The lowest BCUT2D eigenvalue weighted by Crippen LogP contribution is -2.52. The Hall–Kier alpha value is -3.00. The molecule has 1 heterocycles. The van der Waals surface area contributed by atoms with E-state index in [-0.39, 0.29) is 17.6 Å². The predicted octanol–water partition coefficient (Wildman–Crippen LogP) is 4.53. The first-order valence-corrected chi connectivity index (χ1v) is 11.8. The average molecular weight is 487 g/mol. The summed E-state index contributed by atoms with van der Waals surface area (Å²) in [5, 5.41) is 4.11. The molecular weight excluding hydrogens is 452 g/mol. The Morgan fingerprint density at radius 2 is 1.76 bits per heavy atom. The van der Waals surface area contributed by atoms with Gasteiger partial charge in [0.05, 0.1) is 32.4 Å². The number of fused-ring (bicyclic) bond motifs is 1. The summed E-state index contributed by atoms with van der Waals surface area (Å²) in [5.74, 6) is 1.69. The summed E-state index contributed by atoms with van der Waals surface area (Å²) in [6, 6.07) is 10.9. The van der Waals surface area contributed by atoms with Crippen LogP contribution in [-0.4, -0.2) is 55.5 Å². The first-order valence-electron chi connectivity index (χ1n) is 11.4. The van der Waals surface area contributed by atoms with Gasteiger partial charge in [0.1, 0.15) is 12.4 Å². The number of carbonyl (C=O) groups is 1. The van der Waals surface area contributed by atoms with Crippen molar-refractivity contribution in [2.75, 3.05) is 34.0 Å². The van der Waals surface area contributed by atoms with Crippen LogP contribution in [0.1, 0.15) is 55.2 Å². The van der Waals surface area contributed by atoms with Gasteiger partial charge in [-0.2, -0.15) is 0 Å². The average Bonchev–Trinajstić information content (AvgIpc) is 2.80. The number of methoxy groups -OCH3 is 2. The molecule has 0 spiro atoms. The second kappa shape index (κ2) is 11.0. The zero-order chi connectivity index (χ0) is 24.9. The van der Waals surface area contributed by atoms with E-state index in [0.717, 1.165) is 18.5 Å². The van der Waals surface area contributed by atoms with Crippen molar-refractivity contribution in [3.63, 3.8) is 0 Å². The lowest BCUT2D eigenvalue weighted by atomic mass is 9.92. The molecule has 1 N–H and O–H groups in total. The van der Waals surface area contributed by atoms with Crippen LogP contribution in [0, 0.1) is 0 Å². The third-order valence-electron chi connectivity index (χ3n) is 5.52. The van der Waals surface area contributed by atoms with Crippen molar-refractivity contribution in [3.8, 4) is 17.2 Å². The summed E-state index contributed by atoms with van der Waals surface area (Å²) in [6.07, 6.45) is 0.826. The molecule has 0 aliphatic carbocycles. The van der Waals surface area contributed by atoms with Gasteiger partial charge < -0.3 is 29.2 Å². The van der Waals surface area contributed by atoms with Gasteiger partial charge in [-0.05, 0) is 93.9 Å². The summed E-state index contributed by atoms with van der Waals surface area (Å²) in [6.45, 7) is 9.50. The second-order valence-electron chi connectivity index (χ2n) is 9.10. The number of thiocarbonyl (C=S) groups is 1. The molecule has 1 atom stereocenters. The summed E-state index contributed by atoms with van der Waals surface area (Å²) in [4.78, 5) is 14.1. The van der Waals surface area contributed by atoms with E-state index in [0.29, 0.717) is 41.1 Å². The molecule has 0 bridgehead atoms. The van der Waals surface area contributed by atoms with Gasteiger partial charge >= 0.3 is 5.97 Å². The molecule has 0 fully saturated rings. The fraction of sp³-hybridized carbons (Fsp3) is 0.462. The van der Waals surface area contributed by atoms with Crippen molar-refractivity contribution < 1.29 is 23.7 Å². The standard InChI is InChI=1S/C26H34N2O5S/c1-7-32-24(29)17-8-10-19(11-9-17)33-16-21-20-15-23(31-6)22(30-5)14-18(20)12-13-28(21)25(34)27-26(2,3)4/h8-11,14-15,21H,7,12-13,16H2,1-6H3,(H,27,34)/t21-/m0/s1. The maximum atomic E-state index is 11.9. The molecule has 8 heteroatoms. The number of esters is 1. The second-order valence-corrected chi connectivity index (χ2v) is 9.49. The Morgan fingerprint density at radius 1 is 1.12 bits per heavy atom. The number of hydrogen-bond acceptors (Lipinski definition) is 6. The molecule has 0 unspecified atom stereocenters. The van der Waals surface area contributed by atoms with Crippen LogP contribution in [0.5, 0.6) is 17.2 Å². The summed E-state index contributed by atoms with van der Waals surface area (Å²) in [7, 11) is 3.27. The molecule has 1 aliphatic heterocycles. The van der Waals surface area contributed by atoms with Crippen molar-refractivity contribution in [1.29, 1.82) is 0 Å². The Kier molecular flexibility index (Phi) is 8.25. The highest BCUT2D eigenvalue weighted by atomic mass is 32.1. The Morgan fingerprint density at radius 3 is 2.35 bits per heavy atom. The third-order valence-corrected chi connectivity index (χ3v) is 5.86. The van der Waals surface area contributed by atoms with E-state index in [1.54, 1.807) is 45.4 Å². The Labute approximate surface area is 207 Å². The number of rotatable bonds is 7. The maximum absolute atomic E-state index is 11.9. The molecule has 7 nitrogen and oxygen atoms in total. The number of ether oxygens (including phenoxy) is 4. The minimum atomic E-state index is -0.346. The van der Waals surface area contributed by atoms with Crippen LogP contribution in [0.2, 0.25) is 0 Å². The fourth-order valence-corrected chi connectivity index (χ4v) is 4.45. The molecule has 0 aromatic heterocycles. The molecule has 184 valence electrons. The van der Waals surface area contributed by atoms with E-state index in [9.17, 15) is 4.79 Å². The first-order chi connectivity index (χ1) is 16.2. The predicted molar refractivity (Wildman–Crippen MR) is 136 cm³/mol. The topological polar surface area (TPSA) is 69.3 Å². The number of hydrogen-bond donors (Lipinski definition) is 1. The normalized spacial score (nSPS) is 15.2. The summed E-state index contributed by atoms with van der Waals surface area (Å²) >= 11 is 5.79. The highest BCUT2D eigenvalue weighted by Gasteiger charge is 2.32. The van der Waals surface area contributed by atoms with Gasteiger partial charge in [0.15, 0.2) is 16.6 Å². The zero-order valence-electron chi connectivity index (χ0n) is 20.8. The van der Waals surface area contributed by atoms with E-state index in [1.807, 2.05) is 12.1 Å². The smallest absolute Gasteiger partial charge is 0.338 e. The highest BCUT2D eigenvalue weighted by Crippen LogP contribution is 2.38. The molecule has 2 aromatic rings. The van der Waals surface area contributed by atoms with Crippen LogP contribution in [0.15, 0.2) is 36.4 Å². The van der Waals surface area contributed by atoms with Crippen LogP contribution < -0.4 is 19.5 Å². The van der Waals surface area contributed by atoms with Gasteiger partial charge in [-0.25, -0.2) is 4.79 Å². The molecule has 2 aromatic carbocycles. The summed E-state index contributed by atoms with van der Waals surface area (Å²) < 4.78 is 22.3. The highest BCUT2D eigenvalue weighted by molar-refractivity contribution is 7.80. The molecule has 3 rings (SSSR count). The van der Waals surface area contributed by atoms with Crippen molar-refractivity contribution in [2.45, 2.75) is 45.7 Å². The van der Waals surface area contributed by atoms with E-state index < -0.39 is 0 Å². The first kappa shape index (κ1) is 25.6. The van der Waals surface area contributed by atoms with Gasteiger partial charge in [-0.15, -0.1) is 0 Å². The minimum Gasteiger partial charge on any atom is -0.493 e. The minimum absolute atomic E-state index is 0.129. The van der Waals surface area contributed by atoms with Gasteiger partial charge in [-0.1, -0.05) is 0 Å². The van der Waals surface area contributed by atoms with Crippen molar-refractivity contribution in [2.24, 2.45) is 0 Å². The van der Waals surface area contributed by atoms with Gasteiger partial charge in [-0.3, -0.25) is 0 Å². The van der Waals surface area contributed by atoms with Gasteiger partial charge in [0, 0.05) is 12.1 Å². The Bertz CT molecular complexity index is 1020. The largest absolute Gasteiger partial charge is 0.493 e. The monoisotopic (exact) mass is 486 g/mol. The number of benzene rings is 2. The quantitative estimate of drug-likeness (QED) is 0.452. The van der Waals surface area contributed by atoms with Crippen molar-refractivity contribution in [1.82, 2.24) is 10.2 Å². The lowest BCUT2D eigenvalue weighted by Gasteiger charge is -2.41. The van der Waals surface area contributed by atoms with E-state index in [2.05, 4.69) is 31.0 Å². The molecule has 1 aliphatic rings. The van der Waals surface area contributed by atoms with Crippen molar-refractivity contribution >= 4 is 23.3 Å². The number of nitrogens with one attached hydrogen (secondary N) is 1. The number of carbonyl (C=O) groups excluding carboxylic acids is 1. The molecule has 0 saturated heterocycles. The van der Waals surface area contributed by atoms with Crippen LogP contribution >= 0.6 is 12.2 Å². The molecular formula is C26H34N2O5S. The SMILES string of the molecule is CCOC(=O)c1ccc(OC[C@H]2c3cc(OC)c(OC)cc3CCN2C(=S)NC(C)(C)C)cc1. The van der Waals surface area contributed by atoms with E-state index in [1.165, 1.54) is 5.56 Å². The van der Waals surface area contributed by atoms with Crippen LogP contribution in [-0.2, 0) is 11.2 Å². The van der Waals surface area contributed by atoms with Crippen LogP contribution in [0.3, 0.4) is 0 Å². The molecule has 0 amide bonds. The third kappa shape index (κ3) is 6.11. The molecule has 0 saturated carbocycles. The van der Waals surface area contributed by atoms with Gasteiger partial charge in [0.2, 0.25) is 0 Å². The Balaban J connectivity index is 1.88. The fourth-order valence-electron chi connectivity index (χ4n) is 3.92. The van der Waals surface area contributed by atoms with E-state index in [4.69, 9.17) is 31.2 Å². The van der Waals surface area contributed by atoms with Crippen LogP contribution in [0.4, 0.5) is 0 Å². The molecule has 0 radical (unpaired) electrons. The number of nitrogens with zero attached hydrogens (tertiary/aromatic N) is 1. The molecule has 34 heavy (non-hydrogen) atoms. The maximum Gasteiger partial charge on any atom is 0.338 e. The summed E-state index contributed by atoms with van der Waals surface area (Å²) in [5.41, 5.74) is 2.60. The van der Waals surface area contributed by atoms with Gasteiger partial charge in [0.25, 0.3) is 0 Å². The lowest BCUT2D eigenvalue weighted by molar-refractivity contribution is 0.0526. The van der Waals surface area contributed by atoms with Crippen LogP contribution in [0.25, 0.3) is 0 Å². The van der Waals surface area contributed by atoms with Crippen molar-refractivity contribution in [3.05, 3.63) is 53.1 Å².